The summed E-state index contributed by atoms with van der Waals surface area (Å²) in [4.78, 5) is 4.22. The topological polar surface area (TPSA) is 27.1 Å². The van der Waals surface area contributed by atoms with E-state index in [4.69, 9.17) is 16.3 Å². The van der Waals surface area contributed by atoms with Gasteiger partial charge in [-0.05, 0) is 30.2 Å². The normalized spacial score (nSPS) is 10.9. The number of aryl methyl sites for hydroxylation is 2. The Labute approximate surface area is 87.3 Å². The maximum atomic E-state index is 5.91. The van der Waals surface area contributed by atoms with Crippen LogP contribution in [0.25, 0.3) is 11.0 Å². The van der Waals surface area contributed by atoms with Crippen molar-refractivity contribution >= 4 is 22.6 Å². The number of hydrogen-bond donors (Lipinski definition) is 0. The lowest BCUT2D eigenvalue weighted by Gasteiger charge is -2.04. The molecule has 1 aromatic heterocycles. The molecule has 2 rings (SSSR count). The van der Waals surface area contributed by atoms with Crippen molar-refractivity contribution in [3.05, 3.63) is 23.0 Å². The Kier molecular flexibility index (Phi) is 2.11. The maximum absolute atomic E-state index is 5.91. The summed E-state index contributed by atoms with van der Waals surface area (Å²) in [6.07, 6.45) is 0. The van der Waals surface area contributed by atoms with Crippen molar-refractivity contribution in [3.63, 3.8) is 0 Å². The van der Waals surface area contributed by atoms with E-state index in [1.165, 1.54) is 0 Å². The predicted octanol–water partition coefficient (Wildman–Crippen LogP) is 2.54. The van der Waals surface area contributed by atoms with Crippen molar-refractivity contribution in [2.24, 2.45) is 7.05 Å². The van der Waals surface area contributed by atoms with E-state index in [2.05, 4.69) is 4.98 Å². The Morgan fingerprint density at radius 2 is 2.14 bits per heavy atom. The third-order valence-corrected chi connectivity index (χ3v) is 2.68. The Morgan fingerprint density at radius 3 is 2.79 bits per heavy atom. The Morgan fingerprint density at radius 1 is 1.43 bits per heavy atom. The molecule has 3 nitrogen and oxygen atoms in total. The van der Waals surface area contributed by atoms with Crippen LogP contribution >= 0.6 is 11.6 Å². The molecule has 1 aromatic carbocycles. The number of halogens is 1. The van der Waals surface area contributed by atoms with Crippen LogP contribution in [0.3, 0.4) is 0 Å². The van der Waals surface area contributed by atoms with E-state index >= 15 is 0 Å². The summed E-state index contributed by atoms with van der Waals surface area (Å²) in [5.41, 5.74) is 2.95. The summed E-state index contributed by atoms with van der Waals surface area (Å²) in [5, 5.41) is 0.493. The molecule has 2 aromatic rings. The number of methoxy groups -OCH3 is 1. The van der Waals surface area contributed by atoms with E-state index in [0.29, 0.717) is 5.28 Å². The average molecular weight is 211 g/mol. The van der Waals surface area contributed by atoms with Gasteiger partial charge in [0.1, 0.15) is 5.75 Å². The van der Waals surface area contributed by atoms with Gasteiger partial charge in [0, 0.05) is 13.1 Å². The van der Waals surface area contributed by atoms with E-state index in [9.17, 15) is 0 Å². The summed E-state index contributed by atoms with van der Waals surface area (Å²) < 4.78 is 7.07. The minimum Gasteiger partial charge on any atom is -0.496 e. The number of nitrogens with zero attached hydrogens (tertiary/aromatic N) is 2. The van der Waals surface area contributed by atoms with E-state index in [1.54, 1.807) is 7.11 Å². The van der Waals surface area contributed by atoms with Crippen LogP contribution in [0.4, 0.5) is 0 Å². The highest BCUT2D eigenvalue weighted by Gasteiger charge is 2.08. The molecule has 0 fully saturated rings. The number of fused-ring (bicyclic) bond motifs is 1. The van der Waals surface area contributed by atoms with Gasteiger partial charge in [0.05, 0.1) is 18.1 Å². The Balaban J connectivity index is 2.80. The fraction of sp³-hybridized carbons (Fsp3) is 0.300. The molecule has 1 heterocycles. The first kappa shape index (κ1) is 9.34. The molecule has 0 saturated heterocycles. The minimum atomic E-state index is 0.493. The SMILES string of the molecule is COc1cc2c(cc1C)nc(Cl)n2C. The van der Waals surface area contributed by atoms with Crippen molar-refractivity contribution in [1.29, 1.82) is 0 Å². The van der Waals surface area contributed by atoms with Crippen LogP contribution < -0.4 is 4.74 Å². The minimum absolute atomic E-state index is 0.493. The second-order valence-electron chi connectivity index (χ2n) is 3.25. The Hall–Kier alpha value is -1.22. The molecule has 0 aliphatic heterocycles. The highest BCUT2D eigenvalue weighted by Crippen LogP contribution is 2.26. The molecule has 0 unspecified atom stereocenters. The van der Waals surface area contributed by atoms with Gasteiger partial charge >= 0.3 is 0 Å². The summed E-state index contributed by atoms with van der Waals surface area (Å²) in [6.45, 7) is 1.99. The lowest BCUT2D eigenvalue weighted by Crippen LogP contribution is -1.90. The molecule has 0 aliphatic rings. The summed E-state index contributed by atoms with van der Waals surface area (Å²) in [7, 11) is 3.54. The van der Waals surface area contributed by atoms with Crippen molar-refractivity contribution in [2.75, 3.05) is 7.11 Å². The largest absolute Gasteiger partial charge is 0.496 e. The number of aromatic nitrogens is 2. The zero-order valence-electron chi connectivity index (χ0n) is 8.34. The lowest BCUT2D eigenvalue weighted by atomic mass is 10.2. The van der Waals surface area contributed by atoms with Crippen molar-refractivity contribution < 1.29 is 4.74 Å². The molecule has 74 valence electrons. The molecule has 0 radical (unpaired) electrons. The lowest BCUT2D eigenvalue weighted by molar-refractivity contribution is 0.412. The van der Waals surface area contributed by atoms with Gasteiger partial charge in [0.15, 0.2) is 0 Å². The van der Waals surface area contributed by atoms with Crippen LogP contribution in [0.2, 0.25) is 5.28 Å². The van der Waals surface area contributed by atoms with Crippen LogP contribution in [0.15, 0.2) is 12.1 Å². The van der Waals surface area contributed by atoms with Crippen LogP contribution in [-0.4, -0.2) is 16.7 Å². The number of ether oxygens (including phenoxy) is 1. The first-order chi connectivity index (χ1) is 6.63. The van der Waals surface area contributed by atoms with Crippen LogP contribution in [0.5, 0.6) is 5.75 Å². The molecule has 0 saturated carbocycles. The maximum Gasteiger partial charge on any atom is 0.203 e. The second-order valence-corrected chi connectivity index (χ2v) is 3.59. The van der Waals surface area contributed by atoms with Gasteiger partial charge < -0.3 is 9.30 Å². The van der Waals surface area contributed by atoms with E-state index < -0.39 is 0 Å². The summed E-state index contributed by atoms with van der Waals surface area (Å²) in [5.74, 6) is 0.858. The smallest absolute Gasteiger partial charge is 0.203 e. The molecule has 0 amide bonds. The number of hydrogen-bond acceptors (Lipinski definition) is 2. The first-order valence-corrected chi connectivity index (χ1v) is 4.68. The van der Waals surface area contributed by atoms with Crippen LogP contribution in [0.1, 0.15) is 5.56 Å². The molecule has 0 aliphatic carbocycles. The molecular formula is C10H11ClN2O. The molecule has 0 spiro atoms. The number of rotatable bonds is 1. The fourth-order valence-corrected chi connectivity index (χ4v) is 1.70. The Bertz CT molecular complexity index is 490. The highest BCUT2D eigenvalue weighted by molar-refractivity contribution is 6.29. The third-order valence-electron chi connectivity index (χ3n) is 2.34. The predicted molar refractivity (Wildman–Crippen MR) is 57.0 cm³/mol. The monoisotopic (exact) mass is 210 g/mol. The number of imidazole rings is 1. The zero-order valence-corrected chi connectivity index (χ0v) is 9.09. The molecule has 0 atom stereocenters. The van der Waals surface area contributed by atoms with E-state index in [1.807, 2.05) is 30.7 Å². The standard InChI is InChI=1S/C10H11ClN2O/c1-6-4-7-8(5-9(6)14-3)13(2)10(11)12-7/h4-5H,1-3H3. The summed E-state index contributed by atoms with van der Waals surface area (Å²) in [6, 6.07) is 3.92. The molecule has 0 bridgehead atoms. The average Bonchev–Trinajstić information content (AvgIpc) is 2.41. The van der Waals surface area contributed by atoms with E-state index in [-0.39, 0.29) is 0 Å². The van der Waals surface area contributed by atoms with Gasteiger partial charge in [-0.15, -0.1) is 0 Å². The fourth-order valence-electron chi connectivity index (χ4n) is 1.51. The second kappa shape index (κ2) is 3.17. The highest BCUT2D eigenvalue weighted by atomic mass is 35.5. The number of benzene rings is 1. The molecule has 0 N–H and O–H groups in total. The summed E-state index contributed by atoms with van der Waals surface area (Å²) >= 11 is 5.91. The van der Waals surface area contributed by atoms with Crippen molar-refractivity contribution in [2.45, 2.75) is 6.92 Å². The molecule has 4 heteroatoms. The van der Waals surface area contributed by atoms with Gasteiger partial charge in [-0.3, -0.25) is 0 Å². The van der Waals surface area contributed by atoms with Crippen LogP contribution in [-0.2, 0) is 7.05 Å². The van der Waals surface area contributed by atoms with Gasteiger partial charge in [0.2, 0.25) is 5.28 Å². The van der Waals surface area contributed by atoms with Gasteiger partial charge in [0.25, 0.3) is 0 Å². The molecule has 14 heavy (non-hydrogen) atoms. The van der Waals surface area contributed by atoms with Crippen molar-refractivity contribution in [3.8, 4) is 5.75 Å². The zero-order chi connectivity index (χ0) is 10.3. The quantitative estimate of drug-likeness (QED) is 0.723. The van der Waals surface area contributed by atoms with Gasteiger partial charge in [-0.2, -0.15) is 0 Å². The van der Waals surface area contributed by atoms with Crippen LogP contribution in [0, 0.1) is 6.92 Å². The van der Waals surface area contributed by atoms with E-state index in [0.717, 1.165) is 22.3 Å². The van der Waals surface area contributed by atoms with Gasteiger partial charge in [-0.25, -0.2) is 4.98 Å². The third kappa shape index (κ3) is 1.24. The van der Waals surface area contributed by atoms with Gasteiger partial charge in [-0.1, -0.05) is 0 Å². The first-order valence-electron chi connectivity index (χ1n) is 4.30. The molecular weight excluding hydrogens is 200 g/mol. The van der Waals surface area contributed by atoms with Crippen molar-refractivity contribution in [1.82, 2.24) is 9.55 Å².